The Morgan fingerprint density at radius 3 is 2.52 bits per heavy atom. The number of hydrogen-bond donors (Lipinski definition) is 1. The summed E-state index contributed by atoms with van der Waals surface area (Å²) in [5.74, 6) is 1.37. The topological polar surface area (TPSA) is 66.9 Å². The van der Waals surface area contributed by atoms with E-state index >= 15 is 0 Å². The highest BCUT2D eigenvalue weighted by Crippen LogP contribution is 2.34. The highest BCUT2D eigenvalue weighted by atomic mass is 32.1. The maximum Gasteiger partial charge on any atom is 0.240 e. The lowest BCUT2D eigenvalue weighted by molar-refractivity contribution is -0.117. The van der Waals surface area contributed by atoms with Gasteiger partial charge in [-0.3, -0.25) is 9.69 Å². The van der Waals surface area contributed by atoms with Crippen LogP contribution < -0.4 is 14.8 Å². The number of piperazine rings is 1. The summed E-state index contributed by atoms with van der Waals surface area (Å²) in [7, 11) is 3.24. The second kappa shape index (κ2) is 11.3. The summed E-state index contributed by atoms with van der Waals surface area (Å²) in [5.41, 5.74) is 3.00. The molecule has 4 rings (SSSR count). The predicted octanol–water partition coefficient (Wildman–Crippen LogP) is 3.63. The molecule has 0 saturated carbocycles. The third kappa shape index (κ3) is 6.31. The summed E-state index contributed by atoms with van der Waals surface area (Å²) in [4.78, 5) is 21.8. The predicted molar refractivity (Wildman–Crippen MR) is 132 cm³/mol. The first-order valence-electron chi connectivity index (χ1n) is 11.1. The van der Waals surface area contributed by atoms with E-state index in [2.05, 4.69) is 50.4 Å². The molecule has 1 fully saturated rings. The van der Waals surface area contributed by atoms with Crippen molar-refractivity contribution in [3.8, 4) is 22.8 Å². The number of hydrogen-bond acceptors (Lipinski definition) is 7. The minimum absolute atomic E-state index is 0.0321. The van der Waals surface area contributed by atoms with Crippen molar-refractivity contribution in [1.82, 2.24) is 14.8 Å². The van der Waals surface area contributed by atoms with E-state index in [4.69, 9.17) is 9.47 Å². The van der Waals surface area contributed by atoms with Gasteiger partial charge in [0.15, 0.2) is 5.13 Å². The van der Waals surface area contributed by atoms with Crippen molar-refractivity contribution < 1.29 is 14.3 Å². The molecule has 1 saturated heterocycles. The maximum absolute atomic E-state index is 12.6. The van der Waals surface area contributed by atoms with E-state index in [1.807, 2.05) is 23.6 Å². The average Bonchev–Trinajstić information content (AvgIpc) is 3.31. The van der Waals surface area contributed by atoms with E-state index in [1.54, 1.807) is 14.2 Å². The second-order valence-electron chi connectivity index (χ2n) is 8.01. The molecule has 0 radical (unpaired) electrons. The van der Waals surface area contributed by atoms with Crippen LogP contribution in [0.4, 0.5) is 5.13 Å². The zero-order valence-electron chi connectivity index (χ0n) is 19.1. The van der Waals surface area contributed by atoms with Crippen molar-refractivity contribution in [3.63, 3.8) is 0 Å². The molecule has 8 heteroatoms. The number of thiazole rings is 1. The molecule has 3 aromatic rings. The molecular weight excluding hydrogens is 436 g/mol. The number of anilines is 1. The van der Waals surface area contributed by atoms with Crippen molar-refractivity contribution in [2.45, 2.75) is 6.42 Å². The van der Waals surface area contributed by atoms with Gasteiger partial charge in [0.25, 0.3) is 0 Å². The molecule has 1 N–H and O–H groups in total. The van der Waals surface area contributed by atoms with Crippen molar-refractivity contribution >= 4 is 22.4 Å². The number of carbonyl (C=O) groups is 1. The second-order valence-corrected chi connectivity index (χ2v) is 8.86. The first kappa shape index (κ1) is 23.2. The lowest BCUT2D eigenvalue weighted by atomic mass is 10.1. The number of rotatable bonds is 9. The van der Waals surface area contributed by atoms with Crippen LogP contribution in [0.1, 0.15) is 5.56 Å². The molecular formula is C25H30N4O3S. The molecule has 1 aliphatic heterocycles. The van der Waals surface area contributed by atoms with E-state index in [0.717, 1.165) is 56.2 Å². The van der Waals surface area contributed by atoms with Gasteiger partial charge < -0.3 is 19.7 Å². The van der Waals surface area contributed by atoms with Gasteiger partial charge >= 0.3 is 0 Å². The zero-order chi connectivity index (χ0) is 23.0. The van der Waals surface area contributed by atoms with Crippen molar-refractivity contribution in [1.29, 1.82) is 0 Å². The lowest BCUT2D eigenvalue weighted by Gasteiger charge is -2.34. The summed E-state index contributed by atoms with van der Waals surface area (Å²) in [5, 5.41) is 5.46. The van der Waals surface area contributed by atoms with E-state index in [1.165, 1.54) is 16.9 Å². The molecule has 33 heavy (non-hydrogen) atoms. The lowest BCUT2D eigenvalue weighted by Crippen LogP contribution is -2.49. The molecule has 0 bridgehead atoms. The standard InChI is InChI=1S/C25H30N4O3S/c1-31-20-8-9-21(23(16-20)32-2)22-18-33-25(26-22)27-24(30)17-29-14-12-28(13-15-29)11-10-19-6-4-3-5-7-19/h3-9,16,18H,10-15,17H2,1-2H3,(H,26,27,30). The van der Waals surface area contributed by atoms with Crippen LogP contribution in [0.15, 0.2) is 53.9 Å². The van der Waals surface area contributed by atoms with Crippen LogP contribution in [0.3, 0.4) is 0 Å². The van der Waals surface area contributed by atoms with Gasteiger partial charge in [0, 0.05) is 49.7 Å². The van der Waals surface area contributed by atoms with Crippen LogP contribution in [-0.4, -0.2) is 74.2 Å². The molecule has 1 aromatic heterocycles. The van der Waals surface area contributed by atoms with Gasteiger partial charge in [0.2, 0.25) is 5.91 Å². The van der Waals surface area contributed by atoms with Crippen LogP contribution in [0.25, 0.3) is 11.3 Å². The maximum atomic E-state index is 12.6. The molecule has 2 heterocycles. The Balaban J connectivity index is 1.24. The first-order valence-corrected chi connectivity index (χ1v) is 12.0. The summed E-state index contributed by atoms with van der Waals surface area (Å²) < 4.78 is 10.7. The number of aromatic nitrogens is 1. The zero-order valence-corrected chi connectivity index (χ0v) is 19.9. The van der Waals surface area contributed by atoms with Gasteiger partial charge in [-0.25, -0.2) is 4.98 Å². The Morgan fingerprint density at radius 2 is 1.79 bits per heavy atom. The molecule has 7 nitrogen and oxygen atoms in total. The average molecular weight is 467 g/mol. The van der Waals surface area contributed by atoms with E-state index < -0.39 is 0 Å². The quantitative estimate of drug-likeness (QED) is 0.520. The Hall–Kier alpha value is -2.94. The van der Waals surface area contributed by atoms with Crippen LogP contribution in [0.2, 0.25) is 0 Å². The molecule has 2 aromatic carbocycles. The van der Waals surface area contributed by atoms with Crippen LogP contribution >= 0.6 is 11.3 Å². The Kier molecular flexibility index (Phi) is 7.93. The number of nitrogens with one attached hydrogen (secondary N) is 1. The number of carbonyl (C=O) groups excluding carboxylic acids is 1. The Morgan fingerprint density at radius 1 is 1.03 bits per heavy atom. The van der Waals surface area contributed by atoms with Crippen molar-refractivity contribution in [2.75, 3.05) is 58.8 Å². The fourth-order valence-corrected chi connectivity index (χ4v) is 4.66. The van der Waals surface area contributed by atoms with Gasteiger partial charge in [-0.15, -0.1) is 11.3 Å². The summed E-state index contributed by atoms with van der Waals surface area (Å²) >= 11 is 1.41. The fourth-order valence-electron chi connectivity index (χ4n) is 3.93. The van der Waals surface area contributed by atoms with Crippen LogP contribution in [0, 0.1) is 0 Å². The molecule has 0 unspecified atom stereocenters. The molecule has 1 amide bonds. The molecule has 174 valence electrons. The molecule has 0 atom stereocenters. The van der Waals surface area contributed by atoms with Gasteiger partial charge in [0.1, 0.15) is 11.5 Å². The molecule has 0 spiro atoms. The summed E-state index contributed by atoms with van der Waals surface area (Å²) in [6, 6.07) is 16.2. The number of nitrogens with zero attached hydrogens (tertiary/aromatic N) is 3. The van der Waals surface area contributed by atoms with Gasteiger partial charge in [-0.05, 0) is 24.1 Å². The highest BCUT2D eigenvalue weighted by Gasteiger charge is 2.19. The SMILES string of the molecule is COc1ccc(-c2csc(NC(=O)CN3CCN(CCc4ccccc4)CC3)n2)c(OC)c1. The van der Waals surface area contributed by atoms with Crippen molar-refractivity contribution in [3.05, 3.63) is 59.5 Å². The van der Waals surface area contributed by atoms with E-state index in [9.17, 15) is 4.79 Å². The van der Waals surface area contributed by atoms with Crippen LogP contribution in [-0.2, 0) is 11.2 Å². The van der Waals surface area contributed by atoms with Gasteiger partial charge in [-0.2, -0.15) is 0 Å². The molecule has 0 aliphatic carbocycles. The van der Waals surface area contributed by atoms with Gasteiger partial charge in [0.05, 0.1) is 26.5 Å². The number of benzene rings is 2. The summed E-state index contributed by atoms with van der Waals surface area (Å²) in [6.07, 6.45) is 1.06. The fraction of sp³-hybridized carbons (Fsp3) is 0.360. The molecule has 1 aliphatic rings. The Bertz CT molecular complexity index is 1050. The van der Waals surface area contributed by atoms with Crippen molar-refractivity contribution in [2.24, 2.45) is 0 Å². The minimum Gasteiger partial charge on any atom is -0.497 e. The van der Waals surface area contributed by atoms with E-state index in [0.29, 0.717) is 17.4 Å². The largest absolute Gasteiger partial charge is 0.497 e. The minimum atomic E-state index is -0.0321. The summed E-state index contributed by atoms with van der Waals surface area (Å²) in [6.45, 7) is 5.20. The smallest absolute Gasteiger partial charge is 0.240 e. The first-order chi connectivity index (χ1) is 16.1. The van der Waals surface area contributed by atoms with Gasteiger partial charge in [-0.1, -0.05) is 30.3 Å². The number of ether oxygens (including phenoxy) is 2. The third-order valence-electron chi connectivity index (χ3n) is 5.83. The van der Waals surface area contributed by atoms with E-state index in [-0.39, 0.29) is 5.91 Å². The normalized spacial score (nSPS) is 14.7. The third-order valence-corrected chi connectivity index (χ3v) is 6.58. The highest BCUT2D eigenvalue weighted by molar-refractivity contribution is 7.14. The number of amides is 1. The van der Waals surface area contributed by atoms with Crippen LogP contribution in [0.5, 0.6) is 11.5 Å². The number of methoxy groups -OCH3 is 2. The Labute approximate surface area is 199 Å². The monoisotopic (exact) mass is 466 g/mol.